The van der Waals surface area contributed by atoms with Crippen LogP contribution in [-0.4, -0.2) is 28.5 Å². The maximum atomic E-state index is 11.9. The van der Waals surface area contributed by atoms with E-state index in [1.807, 2.05) is 0 Å². The van der Waals surface area contributed by atoms with Crippen LogP contribution in [0.3, 0.4) is 0 Å². The predicted molar refractivity (Wildman–Crippen MR) is 77.0 cm³/mol. The summed E-state index contributed by atoms with van der Waals surface area (Å²) in [5.41, 5.74) is -0.392. The number of amides is 1. The molecule has 1 heterocycles. The van der Waals surface area contributed by atoms with Crippen molar-refractivity contribution in [1.82, 2.24) is 10.3 Å². The van der Waals surface area contributed by atoms with Gasteiger partial charge in [-0.2, -0.15) is 0 Å². The van der Waals surface area contributed by atoms with E-state index in [0.717, 1.165) is 0 Å². The number of carbonyl (C=O) groups excluding carboxylic acids is 2. The highest BCUT2D eigenvalue weighted by Gasteiger charge is 2.23. The standard InChI is InChI=1S/C13H16Cl2N2O3/c1-7(12(19)20-13(2,3)4)17-11(18)8-5-9(14)10(15)16-6-8/h5-7H,1-4H3,(H,17,18)/t7-/m1/s1. The Morgan fingerprint density at radius 3 is 2.45 bits per heavy atom. The molecule has 7 heteroatoms. The molecule has 0 aliphatic rings. The van der Waals surface area contributed by atoms with Gasteiger partial charge in [0.15, 0.2) is 0 Å². The first-order chi connectivity index (χ1) is 9.10. The fraction of sp³-hybridized carbons (Fsp3) is 0.462. The number of hydrogen-bond donors (Lipinski definition) is 1. The number of halogens is 2. The number of aromatic nitrogens is 1. The molecule has 0 aliphatic heterocycles. The van der Waals surface area contributed by atoms with Crippen molar-refractivity contribution in [2.45, 2.75) is 39.3 Å². The quantitative estimate of drug-likeness (QED) is 0.687. The van der Waals surface area contributed by atoms with E-state index in [2.05, 4.69) is 10.3 Å². The van der Waals surface area contributed by atoms with E-state index in [1.165, 1.54) is 19.2 Å². The molecule has 0 aromatic carbocycles. The Morgan fingerprint density at radius 2 is 1.95 bits per heavy atom. The minimum absolute atomic E-state index is 0.114. The summed E-state index contributed by atoms with van der Waals surface area (Å²) in [6.45, 7) is 6.80. The van der Waals surface area contributed by atoms with Crippen molar-refractivity contribution < 1.29 is 14.3 Å². The van der Waals surface area contributed by atoms with Crippen LogP contribution >= 0.6 is 23.2 Å². The van der Waals surface area contributed by atoms with Crippen LogP contribution in [-0.2, 0) is 9.53 Å². The molecule has 0 aliphatic carbocycles. The molecule has 1 aromatic heterocycles. The number of hydrogen-bond acceptors (Lipinski definition) is 4. The SMILES string of the molecule is C[C@@H](NC(=O)c1cnc(Cl)c(Cl)c1)C(=O)OC(C)(C)C. The van der Waals surface area contributed by atoms with Crippen LogP contribution in [0.15, 0.2) is 12.3 Å². The lowest BCUT2D eigenvalue weighted by Gasteiger charge is -2.22. The number of ether oxygens (including phenoxy) is 1. The molecule has 0 fully saturated rings. The maximum Gasteiger partial charge on any atom is 0.328 e. The van der Waals surface area contributed by atoms with Gasteiger partial charge in [0.05, 0.1) is 10.6 Å². The van der Waals surface area contributed by atoms with Gasteiger partial charge < -0.3 is 10.1 Å². The van der Waals surface area contributed by atoms with Gasteiger partial charge in [-0.1, -0.05) is 23.2 Å². The van der Waals surface area contributed by atoms with Gasteiger partial charge in [0.1, 0.15) is 16.8 Å². The average Bonchev–Trinajstić information content (AvgIpc) is 2.30. The number of pyridine rings is 1. The van der Waals surface area contributed by atoms with E-state index >= 15 is 0 Å². The highest BCUT2D eigenvalue weighted by molar-refractivity contribution is 6.41. The van der Waals surface area contributed by atoms with Gasteiger partial charge in [-0.25, -0.2) is 9.78 Å². The van der Waals surface area contributed by atoms with Gasteiger partial charge in [0.25, 0.3) is 5.91 Å². The fourth-order valence-electron chi connectivity index (χ4n) is 1.27. The Balaban J connectivity index is 2.70. The summed E-state index contributed by atoms with van der Waals surface area (Å²) in [5.74, 6) is -0.992. The van der Waals surface area contributed by atoms with E-state index < -0.39 is 23.5 Å². The zero-order valence-electron chi connectivity index (χ0n) is 11.7. The molecule has 5 nitrogen and oxygen atoms in total. The molecule has 110 valence electrons. The van der Waals surface area contributed by atoms with Crippen molar-refractivity contribution in [3.63, 3.8) is 0 Å². The van der Waals surface area contributed by atoms with Crippen LogP contribution in [0.2, 0.25) is 10.2 Å². The Morgan fingerprint density at radius 1 is 1.35 bits per heavy atom. The zero-order valence-corrected chi connectivity index (χ0v) is 13.2. The van der Waals surface area contributed by atoms with E-state index in [1.54, 1.807) is 20.8 Å². The van der Waals surface area contributed by atoms with E-state index in [4.69, 9.17) is 27.9 Å². The molecular formula is C13H16Cl2N2O3. The number of esters is 1. The number of carbonyl (C=O) groups is 2. The Labute approximate surface area is 127 Å². The van der Waals surface area contributed by atoms with Crippen molar-refractivity contribution in [3.05, 3.63) is 28.0 Å². The first kappa shape index (κ1) is 16.7. The van der Waals surface area contributed by atoms with Crippen molar-refractivity contribution in [2.75, 3.05) is 0 Å². The van der Waals surface area contributed by atoms with Crippen LogP contribution in [0.5, 0.6) is 0 Å². The molecule has 1 aromatic rings. The Bertz CT molecular complexity index is 527. The van der Waals surface area contributed by atoms with Gasteiger partial charge in [0.2, 0.25) is 0 Å². The molecule has 0 spiro atoms. The molecule has 0 unspecified atom stereocenters. The van der Waals surface area contributed by atoms with Crippen molar-refractivity contribution >= 4 is 35.1 Å². The zero-order chi connectivity index (χ0) is 15.5. The summed E-state index contributed by atoms with van der Waals surface area (Å²) in [4.78, 5) is 27.4. The van der Waals surface area contributed by atoms with Gasteiger partial charge in [-0.15, -0.1) is 0 Å². The fourth-order valence-corrected chi connectivity index (χ4v) is 1.54. The molecule has 1 N–H and O–H groups in total. The molecule has 1 atom stereocenters. The van der Waals surface area contributed by atoms with Gasteiger partial charge in [0, 0.05) is 6.20 Å². The largest absolute Gasteiger partial charge is 0.458 e. The second-order valence-electron chi connectivity index (χ2n) is 5.23. The van der Waals surface area contributed by atoms with Crippen LogP contribution < -0.4 is 5.32 Å². The minimum atomic E-state index is -0.781. The van der Waals surface area contributed by atoms with E-state index in [9.17, 15) is 9.59 Å². The summed E-state index contributed by atoms with van der Waals surface area (Å²) >= 11 is 11.4. The third kappa shape index (κ3) is 4.98. The second-order valence-corrected chi connectivity index (χ2v) is 5.99. The van der Waals surface area contributed by atoms with Gasteiger partial charge in [-0.05, 0) is 33.8 Å². The van der Waals surface area contributed by atoms with Crippen molar-refractivity contribution in [3.8, 4) is 0 Å². The highest BCUT2D eigenvalue weighted by Crippen LogP contribution is 2.19. The van der Waals surface area contributed by atoms with E-state index in [0.29, 0.717) is 0 Å². The summed E-state index contributed by atoms with van der Waals surface area (Å²) in [7, 11) is 0. The van der Waals surface area contributed by atoms with Crippen LogP contribution in [0.25, 0.3) is 0 Å². The van der Waals surface area contributed by atoms with Gasteiger partial charge in [-0.3, -0.25) is 4.79 Å². The van der Waals surface area contributed by atoms with Gasteiger partial charge >= 0.3 is 5.97 Å². The lowest BCUT2D eigenvalue weighted by atomic mass is 10.2. The molecule has 0 radical (unpaired) electrons. The highest BCUT2D eigenvalue weighted by atomic mass is 35.5. The average molecular weight is 319 g/mol. The predicted octanol–water partition coefficient (Wildman–Crippen LogP) is 2.85. The molecule has 0 saturated carbocycles. The van der Waals surface area contributed by atoms with Crippen LogP contribution in [0, 0.1) is 0 Å². The monoisotopic (exact) mass is 318 g/mol. The smallest absolute Gasteiger partial charge is 0.328 e. The topological polar surface area (TPSA) is 68.3 Å². The molecule has 0 saturated heterocycles. The lowest BCUT2D eigenvalue weighted by molar-refractivity contribution is -0.156. The molecular weight excluding hydrogens is 303 g/mol. The van der Waals surface area contributed by atoms with Crippen molar-refractivity contribution in [1.29, 1.82) is 0 Å². The molecule has 20 heavy (non-hydrogen) atoms. The number of rotatable bonds is 3. The van der Waals surface area contributed by atoms with E-state index in [-0.39, 0.29) is 15.7 Å². The first-order valence-electron chi connectivity index (χ1n) is 5.95. The minimum Gasteiger partial charge on any atom is -0.458 e. The second kappa shape index (κ2) is 6.41. The number of nitrogens with one attached hydrogen (secondary N) is 1. The molecule has 0 bridgehead atoms. The first-order valence-corrected chi connectivity index (χ1v) is 6.70. The maximum absolute atomic E-state index is 11.9. The Kier molecular flexibility index (Phi) is 5.36. The summed E-state index contributed by atoms with van der Waals surface area (Å²) < 4.78 is 5.16. The number of nitrogens with zero attached hydrogens (tertiary/aromatic N) is 1. The summed E-state index contributed by atoms with van der Waals surface area (Å²) in [6, 6.07) is 0.602. The third-order valence-electron chi connectivity index (χ3n) is 2.17. The normalized spacial score (nSPS) is 12.7. The van der Waals surface area contributed by atoms with Crippen molar-refractivity contribution in [2.24, 2.45) is 0 Å². The van der Waals surface area contributed by atoms with Crippen LogP contribution in [0.4, 0.5) is 0 Å². The third-order valence-corrected chi connectivity index (χ3v) is 2.85. The summed E-state index contributed by atoms with van der Waals surface area (Å²) in [6.07, 6.45) is 1.28. The molecule has 1 amide bonds. The summed E-state index contributed by atoms with van der Waals surface area (Å²) in [5, 5.41) is 2.79. The van der Waals surface area contributed by atoms with Crippen LogP contribution in [0.1, 0.15) is 38.1 Å². The molecule has 1 rings (SSSR count). The lowest BCUT2D eigenvalue weighted by Crippen LogP contribution is -2.42. The Hall–Kier alpha value is -1.33.